The minimum absolute atomic E-state index is 0. The largest absolute Gasteiger partial charge is 0.416 e. The van der Waals surface area contributed by atoms with Crippen LogP contribution in [0.3, 0.4) is 0 Å². The molecule has 0 bridgehead atoms. The molecule has 1 amide bonds. The number of hydrogen-bond acceptors (Lipinski definition) is 2. The van der Waals surface area contributed by atoms with Gasteiger partial charge in [-0.1, -0.05) is 24.6 Å². The molecule has 1 heterocycles. The summed E-state index contributed by atoms with van der Waals surface area (Å²) in [5.74, 6) is 0.646. The summed E-state index contributed by atoms with van der Waals surface area (Å²) in [5, 5.41) is 3.16. The maximum absolute atomic E-state index is 13.2. The molecular weight excluding hydrogens is 377 g/mol. The number of carbonyl (C=O) groups excluding carboxylic acids is 1. The number of alkyl halides is 3. The minimum atomic E-state index is -4.38. The van der Waals surface area contributed by atoms with Crippen LogP contribution in [0, 0.1) is 5.92 Å². The zero-order valence-corrected chi connectivity index (χ0v) is 16.5. The molecule has 1 aliphatic carbocycles. The lowest BCUT2D eigenvalue weighted by Gasteiger charge is -2.45. The average molecular weight is 405 g/mol. The third-order valence-corrected chi connectivity index (χ3v) is 6.06. The van der Waals surface area contributed by atoms with E-state index >= 15 is 0 Å². The van der Waals surface area contributed by atoms with Crippen LogP contribution in [0.1, 0.15) is 49.7 Å². The fourth-order valence-electron chi connectivity index (χ4n) is 4.23. The summed E-state index contributed by atoms with van der Waals surface area (Å²) >= 11 is 0. The van der Waals surface area contributed by atoms with Gasteiger partial charge in [0, 0.05) is 13.1 Å². The first-order valence-corrected chi connectivity index (χ1v) is 9.48. The number of likely N-dealkylation sites (tertiary alicyclic amines) is 1. The first-order valence-electron chi connectivity index (χ1n) is 9.48. The smallest absolute Gasteiger partial charge is 0.342 e. The zero-order valence-electron chi connectivity index (χ0n) is 15.6. The van der Waals surface area contributed by atoms with Crippen LogP contribution in [0.2, 0.25) is 0 Å². The molecule has 1 aromatic carbocycles. The van der Waals surface area contributed by atoms with Crippen molar-refractivity contribution in [3.63, 3.8) is 0 Å². The van der Waals surface area contributed by atoms with E-state index in [0.717, 1.165) is 38.3 Å². The Labute approximate surface area is 165 Å². The molecule has 3 nitrogen and oxygen atoms in total. The van der Waals surface area contributed by atoms with Gasteiger partial charge < -0.3 is 10.2 Å². The summed E-state index contributed by atoms with van der Waals surface area (Å²) in [4.78, 5) is 15.1. The van der Waals surface area contributed by atoms with Crippen molar-refractivity contribution in [3.8, 4) is 0 Å². The van der Waals surface area contributed by atoms with Gasteiger partial charge in [0.1, 0.15) is 0 Å². The number of halogens is 4. The van der Waals surface area contributed by atoms with Crippen molar-refractivity contribution in [2.45, 2.75) is 50.1 Å². The molecule has 0 aromatic heterocycles. The number of benzene rings is 1. The molecule has 1 aromatic rings. The van der Waals surface area contributed by atoms with Gasteiger partial charge in [-0.3, -0.25) is 4.79 Å². The van der Waals surface area contributed by atoms with Crippen LogP contribution in [0.15, 0.2) is 24.3 Å². The van der Waals surface area contributed by atoms with Crippen molar-refractivity contribution in [2.75, 3.05) is 26.7 Å². The van der Waals surface area contributed by atoms with Crippen molar-refractivity contribution in [2.24, 2.45) is 5.92 Å². The average Bonchev–Trinajstić information content (AvgIpc) is 2.59. The molecular formula is C20H28ClF3N2O. The van der Waals surface area contributed by atoms with Crippen LogP contribution >= 0.6 is 12.4 Å². The Morgan fingerprint density at radius 2 is 1.93 bits per heavy atom. The van der Waals surface area contributed by atoms with Gasteiger partial charge in [-0.2, -0.15) is 13.2 Å². The molecule has 1 saturated carbocycles. The number of amides is 1. The highest BCUT2D eigenvalue weighted by atomic mass is 35.5. The summed E-state index contributed by atoms with van der Waals surface area (Å²) in [6, 6.07) is 5.37. The fraction of sp³-hybridized carbons (Fsp3) is 0.650. The third kappa shape index (κ3) is 4.60. The highest BCUT2D eigenvalue weighted by Gasteiger charge is 2.48. The molecule has 2 fully saturated rings. The number of nitrogens with zero attached hydrogens (tertiary/aromatic N) is 1. The standard InChI is InChI=1S/C20H27F3N2O.ClH/c1-24-11-6-15-7-12-25(13-8-15)18(26)19(9-3-10-19)16-4-2-5-17(14-16)20(21,22)23;/h2,4-5,14-15,24H,3,6-13H2,1H3;1H. The van der Waals surface area contributed by atoms with Crippen molar-refractivity contribution < 1.29 is 18.0 Å². The molecule has 27 heavy (non-hydrogen) atoms. The first kappa shape index (κ1) is 22.0. The predicted molar refractivity (Wildman–Crippen MR) is 102 cm³/mol. The minimum Gasteiger partial charge on any atom is -0.342 e. The van der Waals surface area contributed by atoms with E-state index in [1.54, 1.807) is 6.07 Å². The molecule has 1 N–H and O–H groups in total. The zero-order chi connectivity index (χ0) is 18.8. The van der Waals surface area contributed by atoms with Gasteiger partial charge in [0.25, 0.3) is 0 Å². The van der Waals surface area contributed by atoms with E-state index in [2.05, 4.69) is 5.32 Å². The summed E-state index contributed by atoms with van der Waals surface area (Å²) in [7, 11) is 1.94. The fourth-order valence-corrected chi connectivity index (χ4v) is 4.23. The topological polar surface area (TPSA) is 32.3 Å². The number of rotatable bonds is 5. The Bertz CT molecular complexity index is 638. The summed E-state index contributed by atoms with van der Waals surface area (Å²) < 4.78 is 39.2. The monoisotopic (exact) mass is 404 g/mol. The quantitative estimate of drug-likeness (QED) is 0.789. The van der Waals surface area contributed by atoms with E-state index in [4.69, 9.17) is 0 Å². The lowest BCUT2D eigenvalue weighted by Crippen LogP contribution is -2.53. The van der Waals surface area contributed by atoms with Gasteiger partial charge in [-0.15, -0.1) is 12.4 Å². The molecule has 3 rings (SSSR count). The lowest BCUT2D eigenvalue weighted by atomic mass is 9.63. The SMILES string of the molecule is CNCCC1CCN(C(=O)C2(c3cccc(C(F)(F)F)c3)CCC2)CC1.Cl. The molecule has 0 radical (unpaired) electrons. The molecule has 7 heteroatoms. The second-order valence-corrected chi connectivity index (χ2v) is 7.64. The molecule has 0 unspecified atom stereocenters. The Morgan fingerprint density at radius 3 is 2.44 bits per heavy atom. The van der Waals surface area contributed by atoms with Crippen LogP contribution in [-0.2, 0) is 16.4 Å². The van der Waals surface area contributed by atoms with Gasteiger partial charge in [0.15, 0.2) is 0 Å². The third-order valence-electron chi connectivity index (χ3n) is 6.06. The van der Waals surface area contributed by atoms with E-state index in [-0.39, 0.29) is 18.3 Å². The van der Waals surface area contributed by atoms with Crippen LogP contribution in [0.5, 0.6) is 0 Å². The van der Waals surface area contributed by atoms with E-state index < -0.39 is 17.2 Å². The highest BCUT2D eigenvalue weighted by molar-refractivity contribution is 5.89. The van der Waals surface area contributed by atoms with Gasteiger partial charge in [-0.25, -0.2) is 0 Å². The molecule has 152 valence electrons. The van der Waals surface area contributed by atoms with E-state index in [9.17, 15) is 18.0 Å². The van der Waals surface area contributed by atoms with E-state index in [1.807, 2.05) is 11.9 Å². The second-order valence-electron chi connectivity index (χ2n) is 7.64. The van der Waals surface area contributed by atoms with Crippen LogP contribution in [0.25, 0.3) is 0 Å². The Morgan fingerprint density at radius 1 is 1.26 bits per heavy atom. The van der Waals surface area contributed by atoms with E-state index in [0.29, 0.717) is 37.4 Å². The Kier molecular flexibility index (Phi) is 7.20. The number of nitrogens with one attached hydrogen (secondary N) is 1. The highest BCUT2D eigenvalue weighted by Crippen LogP contribution is 2.46. The van der Waals surface area contributed by atoms with Gasteiger partial charge >= 0.3 is 6.18 Å². The summed E-state index contributed by atoms with van der Waals surface area (Å²) in [6.07, 6.45) is 0.866. The Balaban J connectivity index is 0.00000261. The molecule has 1 saturated heterocycles. The maximum atomic E-state index is 13.2. The predicted octanol–water partition coefficient (Wildman–Crippen LogP) is 4.40. The van der Waals surface area contributed by atoms with Crippen LogP contribution in [-0.4, -0.2) is 37.5 Å². The van der Waals surface area contributed by atoms with Crippen molar-refractivity contribution in [1.29, 1.82) is 0 Å². The van der Waals surface area contributed by atoms with Crippen LogP contribution < -0.4 is 5.32 Å². The Hall–Kier alpha value is -1.27. The second kappa shape index (κ2) is 8.82. The van der Waals surface area contributed by atoms with E-state index in [1.165, 1.54) is 12.1 Å². The normalized spacial score (nSPS) is 19.9. The molecule has 1 aliphatic heterocycles. The number of piperidine rings is 1. The summed E-state index contributed by atoms with van der Waals surface area (Å²) in [6.45, 7) is 2.41. The molecule has 0 atom stereocenters. The molecule has 0 spiro atoms. The van der Waals surface area contributed by atoms with Crippen molar-refractivity contribution in [1.82, 2.24) is 10.2 Å². The lowest BCUT2D eigenvalue weighted by molar-refractivity contribution is -0.143. The molecule has 2 aliphatic rings. The maximum Gasteiger partial charge on any atom is 0.416 e. The van der Waals surface area contributed by atoms with Gasteiger partial charge in [0.05, 0.1) is 11.0 Å². The van der Waals surface area contributed by atoms with Crippen molar-refractivity contribution >= 4 is 18.3 Å². The summed E-state index contributed by atoms with van der Waals surface area (Å²) in [5.41, 5.74) is -0.889. The van der Waals surface area contributed by atoms with Crippen LogP contribution in [0.4, 0.5) is 13.2 Å². The van der Waals surface area contributed by atoms with Gasteiger partial charge in [0.2, 0.25) is 5.91 Å². The number of carbonyl (C=O) groups is 1. The number of hydrogen-bond donors (Lipinski definition) is 1. The first-order chi connectivity index (χ1) is 12.4. The van der Waals surface area contributed by atoms with Gasteiger partial charge in [-0.05, 0) is 63.2 Å². The van der Waals surface area contributed by atoms with Crippen molar-refractivity contribution in [3.05, 3.63) is 35.4 Å².